The van der Waals surface area contributed by atoms with Crippen LogP contribution in [0.15, 0.2) is 28.3 Å². The molecule has 1 aliphatic rings. The summed E-state index contributed by atoms with van der Waals surface area (Å²) in [7, 11) is 7.08. The summed E-state index contributed by atoms with van der Waals surface area (Å²) in [5.74, 6) is 1.19. The molecule has 36 heavy (non-hydrogen) atoms. The molecule has 8 nitrogen and oxygen atoms in total. The Labute approximate surface area is 222 Å². The molecule has 1 amide bonds. The number of rotatable bonds is 8. The van der Waals surface area contributed by atoms with Gasteiger partial charge in [-0.3, -0.25) is 9.59 Å². The molecule has 0 aromatic heterocycles. The van der Waals surface area contributed by atoms with Crippen molar-refractivity contribution in [3.63, 3.8) is 0 Å². The Morgan fingerprint density at radius 2 is 1.89 bits per heavy atom. The summed E-state index contributed by atoms with van der Waals surface area (Å²) in [6, 6.07) is 7.64. The number of amidine groups is 1. The van der Waals surface area contributed by atoms with E-state index in [2.05, 4.69) is 51.6 Å². The van der Waals surface area contributed by atoms with Crippen LogP contribution < -0.4 is 20.3 Å². The first kappa shape index (κ1) is 27.5. The van der Waals surface area contributed by atoms with Crippen molar-refractivity contribution < 1.29 is 14.3 Å². The molecule has 0 atom stereocenters. The summed E-state index contributed by atoms with van der Waals surface area (Å²) in [4.78, 5) is 30.0. The molecule has 0 bridgehead atoms. The molecule has 0 saturated heterocycles. The van der Waals surface area contributed by atoms with Crippen LogP contribution in [0.2, 0.25) is 0 Å². The number of methoxy groups -OCH3 is 1. The number of carbonyl (C=O) groups excluding carboxylic acids is 2. The van der Waals surface area contributed by atoms with Crippen LogP contribution in [-0.4, -0.2) is 63.8 Å². The SMILES string of the molecule is CCNc1cc(C(=O)CN2Cc3cc(N(C)C)c(C(=O)NC)cc3C2=NBr)cc(C(C)(C)C)c1OC. The normalized spacial score (nSPS) is 14.0. The summed E-state index contributed by atoms with van der Waals surface area (Å²) in [5, 5.41) is 6.04. The molecule has 0 saturated carbocycles. The maximum Gasteiger partial charge on any atom is 0.253 e. The summed E-state index contributed by atoms with van der Waals surface area (Å²) in [6.07, 6.45) is 0. The number of benzene rings is 2. The first-order valence-electron chi connectivity index (χ1n) is 12.0. The second kappa shape index (κ2) is 10.9. The number of hydrogen-bond donors (Lipinski definition) is 2. The van der Waals surface area contributed by atoms with Crippen molar-refractivity contribution in [1.29, 1.82) is 0 Å². The number of halogens is 1. The molecule has 0 fully saturated rings. The summed E-state index contributed by atoms with van der Waals surface area (Å²) in [5.41, 5.74) is 5.40. The van der Waals surface area contributed by atoms with Gasteiger partial charge in [0.05, 0.1) is 41.1 Å². The summed E-state index contributed by atoms with van der Waals surface area (Å²) in [6.45, 7) is 9.70. The Bertz CT molecular complexity index is 1200. The molecule has 2 aromatic carbocycles. The molecule has 0 radical (unpaired) electrons. The van der Waals surface area contributed by atoms with E-state index in [4.69, 9.17) is 4.74 Å². The molecule has 2 N–H and O–H groups in total. The van der Waals surface area contributed by atoms with Gasteiger partial charge < -0.3 is 25.2 Å². The number of fused-ring (bicyclic) bond motifs is 1. The fourth-order valence-electron chi connectivity index (χ4n) is 4.49. The lowest BCUT2D eigenvalue weighted by molar-refractivity contribution is 0.0955. The lowest BCUT2D eigenvalue weighted by Gasteiger charge is -2.26. The highest BCUT2D eigenvalue weighted by molar-refractivity contribution is 9.08. The van der Waals surface area contributed by atoms with Crippen molar-refractivity contribution >= 4 is 45.0 Å². The van der Waals surface area contributed by atoms with Gasteiger partial charge in [0.15, 0.2) is 5.78 Å². The van der Waals surface area contributed by atoms with E-state index in [1.807, 2.05) is 55.1 Å². The average Bonchev–Trinajstić information content (AvgIpc) is 3.17. The zero-order valence-electron chi connectivity index (χ0n) is 22.4. The largest absolute Gasteiger partial charge is 0.494 e. The molecule has 0 aliphatic carbocycles. The minimum Gasteiger partial charge on any atom is -0.494 e. The second-order valence-corrected chi connectivity index (χ2v) is 10.4. The van der Waals surface area contributed by atoms with E-state index >= 15 is 0 Å². The number of amides is 1. The molecule has 0 spiro atoms. The van der Waals surface area contributed by atoms with E-state index in [-0.39, 0.29) is 23.7 Å². The van der Waals surface area contributed by atoms with Crippen molar-refractivity contribution in [2.45, 2.75) is 39.7 Å². The van der Waals surface area contributed by atoms with Gasteiger partial charge in [-0.1, -0.05) is 20.8 Å². The average molecular weight is 559 g/mol. The Balaban J connectivity index is 1.99. The van der Waals surface area contributed by atoms with Crippen molar-refractivity contribution in [2.24, 2.45) is 4.02 Å². The van der Waals surface area contributed by atoms with Gasteiger partial charge in [0.2, 0.25) is 0 Å². The first-order chi connectivity index (χ1) is 17.0. The fourth-order valence-corrected chi connectivity index (χ4v) is 4.91. The summed E-state index contributed by atoms with van der Waals surface area (Å²) >= 11 is 3.25. The van der Waals surface area contributed by atoms with Gasteiger partial charge in [0.1, 0.15) is 11.6 Å². The highest BCUT2D eigenvalue weighted by Crippen LogP contribution is 2.39. The van der Waals surface area contributed by atoms with Crippen LogP contribution in [0.4, 0.5) is 11.4 Å². The molecule has 2 aromatic rings. The van der Waals surface area contributed by atoms with Crippen LogP contribution in [0.3, 0.4) is 0 Å². The van der Waals surface area contributed by atoms with Gasteiger partial charge in [-0.2, -0.15) is 4.02 Å². The van der Waals surface area contributed by atoms with Crippen LogP contribution in [0.25, 0.3) is 0 Å². The van der Waals surface area contributed by atoms with Crippen LogP contribution in [-0.2, 0) is 12.0 Å². The number of nitrogens with zero attached hydrogens (tertiary/aromatic N) is 3. The molecule has 194 valence electrons. The molecular formula is C27H36BrN5O3. The third-order valence-electron chi connectivity index (χ3n) is 6.28. The Morgan fingerprint density at radius 1 is 1.19 bits per heavy atom. The minimum absolute atomic E-state index is 0.0249. The molecule has 1 aliphatic heterocycles. The smallest absolute Gasteiger partial charge is 0.253 e. The molecule has 9 heteroatoms. The van der Waals surface area contributed by atoms with Crippen LogP contribution >= 0.6 is 16.1 Å². The molecular weight excluding hydrogens is 522 g/mol. The van der Waals surface area contributed by atoms with Gasteiger partial charge in [-0.25, -0.2) is 0 Å². The highest BCUT2D eigenvalue weighted by atomic mass is 79.9. The topological polar surface area (TPSA) is 86.3 Å². The number of ketones is 1. The maximum atomic E-state index is 13.6. The maximum absolute atomic E-state index is 13.6. The Kier molecular flexibility index (Phi) is 8.33. The van der Waals surface area contributed by atoms with Crippen molar-refractivity contribution in [1.82, 2.24) is 10.2 Å². The van der Waals surface area contributed by atoms with E-state index in [1.54, 1.807) is 14.2 Å². The van der Waals surface area contributed by atoms with Gasteiger partial charge in [0.25, 0.3) is 5.91 Å². The zero-order valence-corrected chi connectivity index (χ0v) is 24.0. The van der Waals surface area contributed by atoms with Crippen LogP contribution in [0, 0.1) is 0 Å². The quantitative estimate of drug-likeness (QED) is 0.461. The number of nitrogens with one attached hydrogen (secondary N) is 2. The predicted octanol–water partition coefficient (Wildman–Crippen LogP) is 4.61. The minimum atomic E-state index is -0.211. The van der Waals surface area contributed by atoms with Crippen LogP contribution in [0.5, 0.6) is 5.75 Å². The number of Topliss-reactive ketones (excluding diaryl/α,β-unsaturated/α-hetero) is 1. The first-order valence-corrected chi connectivity index (χ1v) is 12.7. The van der Waals surface area contributed by atoms with E-state index in [0.717, 1.165) is 33.8 Å². The molecule has 1 heterocycles. The fraction of sp³-hybridized carbons (Fsp3) is 0.444. The lowest BCUT2D eigenvalue weighted by Crippen LogP contribution is -2.31. The monoisotopic (exact) mass is 557 g/mol. The number of hydrogen-bond acceptors (Lipinski definition) is 6. The number of carbonyl (C=O) groups is 2. The third kappa shape index (κ3) is 5.36. The van der Waals surface area contributed by atoms with Gasteiger partial charge >= 0.3 is 0 Å². The van der Waals surface area contributed by atoms with Gasteiger partial charge in [0, 0.05) is 56.6 Å². The van der Waals surface area contributed by atoms with E-state index in [1.165, 1.54) is 0 Å². The van der Waals surface area contributed by atoms with Crippen LogP contribution in [0.1, 0.15) is 65.1 Å². The van der Waals surface area contributed by atoms with Crippen molar-refractivity contribution in [3.05, 3.63) is 52.1 Å². The van der Waals surface area contributed by atoms with Gasteiger partial charge in [-0.05, 0) is 42.2 Å². The molecule has 3 rings (SSSR count). The number of ether oxygens (including phenoxy) is 1. The summed E-state index contributed by atoms with van der Waals surface area (Å²) < 4.78 is 10.0. The van der Waals surface area contributed by atoms with E-state index in [0.29, 0.717) is 30.1 Å². The second-order valence-electron chi connectivity index (χ2n) is 10.1. The van der Waals surface area contributed by atoms with E-state index in [9.17, 15) is 9.59 Å². The lowest BCUT2D eigenvalue weighted by atomic mass is 9.84. The standard InChI is InChI=1S/C27H36BrN5O3/c1-9-30-21-11-16(10-20(24(21)36-8)27(2,3)4)23(34)15-33-14-17-12-22(32(6)7)19(26(35)29-5)13-18(17)25(33)31-28/h10-13,30H,9,14-15H2,1-8H3,(H,29,35). The van der Waals surface area contributed by atoms with Crippen molar-refractivity contribution in [3.8, 4) is 5.75 Å². The van der Waals surface area contributed by atoms with Crippen molar-refractivity contribution in [2.75, 3.05) is 51.6 Å². The van der Waals surface area contributed by atoms with Gasteiger partial charge in [-0.15, -0.1) is 0 Å². The highest BCUT2D eigenvalue weighted by Gasteiger charge is 2.31. The Hall–Kier alpha value is -3.07. The Morgan fingerprint density at radius 3 is 2.42 bits per heavy atom. The third-order valence-corrected chi connectivity index (χ3v) is 6.62. The predicted molar refractivity (Wildman–Crippen MR) is 150 cm³/mol. The zero-order chi connectivity index (χ0) is 26.8. The number of anilines is 2. The molecule has 0 unspecified atom stereocenters. The van der Waals surface area contributed by atoms with E-state index < -0.39 is 0 Å².